The van der Waals surface area contributed by atoms with Crippen LogP contribution in [0.15, 0.2) is 46.9 Å². The third-order valence-corrected chi connectivity index (χ3v) is 4.92. The van der Waals surface area contributed by atoms with E-state index in [1.165, 1.54) is 12.1 Å². The maximum Gasteiger partial charge on any atom is 0.221 e. The minimum absolute atomic E-state index is 0.134. The fourth-order valence-corrected chi connectivity index (χ4v) is 3.25. The van der Waals surface area contributed by atoms with E-state index in [4.69, 9.17) is 13.9 Å². The molecule has 0 fully saturated rings. The molecule has 2 aromatic carbocycles. The van der Waals surface area contributed by atoms with Gasteiger partial charge < -0.3 is 19.2 Å². The van der Waals surface area contributed by atoms with Crippen molar-refractivity contribution in [3.05, 3.63) is 71.2 Å². The topological polar surface area (TPSA) is 86.5 Å². The molecule has 7 nitrogen and oxygen atoms in total. The first-order valence-corrected chi connectivity index (χ1v) is 10.1. The average Bonchev–Trinajstić information content (AvgIpc) is 3.24. The van der Waals surface area contributed by atoms with Crippen molar-refractivity contribution >= 4 is 5.91 Å². The summed E-state index contributed by atoms with van der Waals surface area (Å²) in [5.74, 6) is 1.79. The van der Waals surface area contributed by atoms with E-state index in [-0.39, 0.29) is 24.2 Å². The average molecular weight is 427 g/mol. The smallest absolute Gasteiger partial charge is 0.221 e. The van der Waals surface area contributed by atoms with Crippen molar-refractivity contribution in [1.29, 1.82) is 0 Å². The van der Waals surface area contributed by atoms with E-state index in [2.05, 4.69) is 15.5 Å². The molecular formula is C23H26FN3O4. The molecule has 3 rings (SSSR count). The number of aryl methyl sites for hydroxylation is 1. The number of amides is 1. The quantitative estimate of drug-likeness (QED) is 0.526. The summed E-state index contributed by atoms with van der Waals surface area (Å²) in [5, 5.41) is 11.1. The molecular weight excluding hydrogens is 401 g/mol. The highest BCUT2D eigenvalue weighted by Gasteiger charge is 2.15. The minimum atomic E-state index is -0.302. The van der Waals surface area contributed by atoms with Gasteiger partial charge in [0.05, 0.1) is 26.7 Å². The number of methoxy groups -OCH3 is 2. The monoisotopic (exact) mass is 427 g/mol. The number of halogens is 1. The van der Waals surface area contributed by atoms with Crippen LogP contribution in [0.3, 0.4) is 0 Å². The predicted octanol–water partition coefficient (Wildman–Crippen LogP) is 4.02. The van der Waals surface area contributed by atoms with E-state index in [1.807, 2.05) is 25.1 Å². The molecule has 0 saturated heterocycles. The molecule has 1 heterocycles. The Hall–Kier alpha value is -3.42. The highest BCUT2D eigenvalue weighted by Crippen LogP contribution is 2.26. The van der Waals surface area contributed by atoms with Gasteiger partial charge in [-0.2, -0.15) is 0 Å². The SMILES string of the molecule is CC[C@H](NC(=O)CCc1nnc(Cc2cc(OC)ccc2OC)o1)c1ccc(F)cc1. The Balaban J connectivity index is 1.56. The number of hydrogen-bond donors (Lipinski definition) is 1. The van der Waals surface area contributed by atoms with Crippen LogP contribution in [0, 0.1) is 5.82 Å². The van der Waals surface area contributed by atoms with Crippen LogP contribution in [0.1, 0.15) is 48.7 Å². The van der Waals surface area contributed by atoms with Crippen molar-refractivity contribution in [3.63, 3.8) is 0 Å². The Bertz CT molecular complexity index is 1000. The van der Waals surface area contributed by atoms with Gasteiger partial charge in [0.1, 0.15) is 17.3 Å². The van der Waals surface area contributed by atoms with Crippen LogP contribution in [-0.2, 0) is 17.6 Å². The predicted molar refractivity (Wildman–Crippen MR) is 113 cm³/mol. The van der Waals surface area contributed by atoms with Crippen LogP contribution in [0.25, 0.3) is 0 Å². The number of carbonyl (C=O) groups is 1. The number of nitrogens with one attached hydrogen (secondary N) is 1. The van der Waals surface area contributed by atoms with Gasteiger partial charge in [-0.3, -0.25) is 4.79 Å². The van der Waals surface area contributed by atoms with E-state index in [0.29, 0.717) is 42.5 Å². The molecule has 0 unspecified atom stereocenters. The normalized spacial score (nSPS) is 11.7. The molecule has 1 amide bonds. The van der Waals surface area contributed by atoms with Crippen LogP contribution >= 0.6 is 0 Å². The number of aromatic nitrogens is 2. The molecule has 0 bridgehead atoms. The van der Waals surface area contributed by atoms with Gasteiger partial charge >= 0.3 is 0 Å². The zero-order valence-electron chi connectivity index (χ0n) is 17.9. The maximum absolute atomic E-state index is 13.1. The Labute approximate surface area is 180 Å². The first-order chi connectivity index (χ1) is 15.0. The van der Waals surface area contributed by atoms with E-state index in [0.717, 1.165) is 11.1 Å². The molecule has 1 atom stereocenters. The van der Waals surface area contributed by atoms with Gasteiger partial charge in [0.2, 0.25) is 17.7 Å². The zero-order chi connectivity index (χ0) is 22.2. The van der Waals surface area contributed by atoms with Crippen molar-refractivity contribution in [3.8, 4) is 11.5 Å². The molecule has 164 valence electrons. The fraction of sp³-hybridized carbons (Fsp3) is 0.348. The first kappa shape index (κ1) is 22.3. The van der Waals surface area contributed by atoms with Crippen molar-refractivity contribution in [1.82, 2.24) is 15.5 Å². The molecule has 0 spiro atoms. The van der Waals surface area contributed by atoms with Gasteiger partial charge in [-0.05, 0) is 42.3 Å². The second kappa shape index (κ2) is 10.6. The molecule has 3 aromatic rings. The summed E-state index contributed by atoms with van der Waals surface area (Å²) in [6.45, 7) is 1.96. The number of rotatable bonds is 10. The molecule has 0 aliphatic carbocycles. The number of carbonyl (C=O) groups excluding carboxylic acids is 1. The molecule has 1 N–H and O–H groups in total. The van der Waals surface area contributed by atoms with Crippen molar-refractivity contribution in [2.24, 2.45) is 0 Å². The number of nitrogens with zero attached hydrogens (tertiary/aromatic N) is 2. The van der Waals surface area contributed by atoms with Crippen molar-refractivity contribution < 1.29 is 23.1 Å². The lowest BCUT2D eigenvalue weighted by Gasteiger charge is -2.17. The lowest BCUT2D eigenvalue weighted by atomic mass is 10.0. The fourth-order valence-electron chi connectivity index (χ4n) is 3.25. The minimum Gasteiger partial charge on any atom is -0.497 e. The first-order valence-electron chi connectivity index (χ1n) is 10.1. The van der Waals surface area contributed by atoms with Crippen LogP contribution < -0.4 is 14.8 Å². The molecule has 0 aliphatic rings. The van der Waals surface area contributed by atoms with Gasteiger partial charge in [0, 0.05) is 18.4 Å². The number of hydrogen-bond acceptors (Lipinski definition) is 6. The third kappa shape index (κ3) is 6.04. The molecule has 1 aromatic heterocycles. The Morgan fingerprint density at radius 2 is 1.84 bits per heavy atom. The highest BCUT2D eigenvalue weighted by atomic mass is 19.1. The molecule has 0 radical (unpaired) electrons. The lowest BCUT2D eigenvalue weighted by Crippen LogP contribution is -2.28. The molecule has 8 heteroatoms. The summed E-state index contributed by atoms with van der Waals surface area (Å²) in [7, 11) is 3.19. The van der Waals surface area contributed by atoms with Crippen LogP contribution in [-0.4, -0.2) is 30.3 Å². The van der Waals surface area contributed by atoms with Gasteiger partial charge in [0.25, 0.3) is 0 Å². The largest absolute Gasteiger partial charge is 0.497 e. The Kier molecular flexibility index (Phi) is 7.59. The van der Waals surface area contributed by atoms with Gasteiger partial charge in [-0.1, -0.05) is 19.1 Å². The standard InChI is InChI=1S/C23H26FN3O4/c1-4-19(15-5-7-17(24)8-6-15)25-21(28)11-12-22-26-27-23(31-22)14-16-13-18(29-2)9-10-20(16)30-3/h5-10,13,19H,4,11-12,14H2,1-3H3,(H,25,28)/t19-/m0/s1. The Morgan fingerprint density at radius 1 is 1.10 bits per heavy atom. The summed E-state index contributed by atoms with van der Waals surface area (Å²) < 4.78 is 29.5. The summed E-state index contributed by atoms with van der Waals surface area (Å²) in [4.78, 5) is 12.4. The summed E-state index contributed by atoms with van der Waals surface area (Å²) >= 11 is 0. The van der Waals surface area contributed by atoms with E-state index in [9.17, 15) is 9.18 Å². The van der Waals surface area contributed by atoms with Crippen LogP contribution in [0.2, 0.25) is 0 Å². The van der Waals surface area contributed by atoms with Gasteiger partial charge in [-0.15, -0.1) is 10.2 Å². The molecule has 0 saturated carbocycles. The van der Waals surface area contributed by atoms with Crippen LogP contribution in [0.4, 0.5) is 4.39 Å². The molecule has 31 heavy (non-hydrogen) atoms. The third-order valence-electron chi connectivity index (χ3n) is 4.92. The van der Waals surface area contributed by atoms with Gasteiger partial charge in [0.15, 0.2) is 0 Å². The number of benzene rings is 2. The van der Waals surface area contributed by atoms with Crippen molar-refractivity contribution in [2.75, 3.05) is 14.2 Å². The van der Waals surface area contributed by atoms with Crippen molar-refractivity contribution in [2.45, 2.75) is 38.6 Å². The van der Waals surface area contributed by atoms with E-state index >= 15 is 0 Å². The molecule has 0 aliphatic heterocycles. The second-order valence-corrected chi connectivity index (χ2v) is 7.02. The van der Waals surface area contributed by atoms with E-state index in [1.54, 1.807) is 26.4 Å². The lowest BCUT2D eigenvalue weighted by molar-refractivity contribution is -0.121. The summed E-state index contributed by atoms with van der Waals surface area (Å²) in [6.07, 6.45) is 1.63. The summed E-state index contributed by atoms with van der Waals surface area (Å²) in [6, 6.07) is 11.5. The maximum atomic E-state index is 13.1. The highest BCUT2D eigenvalue weighted by molar-refractivity contribution is 5.76. The number of ether oxygens (including phenoxy) is 2. The van der Waals surface area contributed by atoms with Gasteiger partial charge in [-0.25, -0.2) is 4.39 Å². The zero-order valence-corrected chi connectivity index (χ0v) is 17.9. The summed E-state index contributed by atoms with van der Waals surface area (Å²) in [5.41, 5.74) is 1.73. The second-order valence-electron chi connectivity index (χ2n) is 7.02. The van der Waals surface area contributed by atoms with Crippen LogP contribution in [0.5, 0.6) is 11.5 Å². The Morgan fingerprint density at radius 3 is 2.52 bits per heavy atom. The van der Waals surface area contributed by atoms with E-state index < -0.39 is 0 Å².